The lowest BCUT2D eigenvalue weighted by Crippen LogP contribution is -2.41. The standard InChI is InChI=1S/C21H26N2O2/c1-4-18-8-7-17-6-5-16(15-19(17)22-18)9-10-21(2)11-13-23(14-12-21)20(24)25-3/h5-10,15H,4,11-14H2,1-3H3/b10-9+. The molecule has 1 aromatic heterocycles. The van der Waals surface area contributed by atoms with Crippen molar-refractivity contribution in [1.29, 1.82) is 0 Å². The smallest absolute Gasteiger partial charge is 0.409 e. The van der Waals surface area contributed by atoms with Crippen molar-refractivity contribution in [1.82, 2.24) is 9.88 Å². The summed E-state index contributed by atoms with van der Waals surface area (Å²) in [5, 5.41) is 1.17. The Morgan fingerprint density at radius 2 is 2.00 bits per heavy atom. The van der Waals surface area contributed by atoms with E-state index >= 15 is 0 Å². The van der Waals surface area contributed by atoms with Gasteiger partial charge in [-0.1, -0.05) is 44.2 Å². The molecule has 0 aliphatic carbocycles. The molecular formula is C21H26N2O2. The number of rotatable bonds is 3. The Bertz CT molecular complexity index is 790. The fourth-order valence-corrected chi connectivity index (χ4v) is 3.27. The fourth-order valence-electron chi connectivity index (χ4n) is 3.27. The van der Waals surface area contributed by atoms with Crippen LogP contribution in [-0.2, 0) is 11.2 Å². The Morgan fingerprint density at radius 3 is 2.68 bits per heavy atom. The lowest BCUT2D eigenvalue weighted by Gasteiger charge is -2.36. The molecule has 0 radical (unpaired) electrons. The van der Waals surface area contributed by atoms with Crippen LogP contribution >= 0.6 is 0 Å². The van der Waals surface area contributed by atoms with Crippen LogP contribution in [0.4, 0.5) is 4.79 Å². The molecule has 0 bridgehead atoms. The van der Waals surface area contributed by atoms with Crippen molar-refractivity contribution >= 4 is 23.1 Å². The molecule has 2 aromatic rings. The van der Waals surface area contributed by atoms with E-state index in [1.165, 1.54) is 18.1 Å². The molecule has 1 aliphatic heterocycles. The van der Waals surface area contributed by atoms with Gasteiger partial charge in [0.1, 0.15) is 0 Å². The first-order valence-electron chi connectivity index (χ1n) is 8.95. The Balaban J connectivity index is 1.73. The molecule has 4 heteroatoms. The minimum Gasteiger partial charge on any atom is -0.453 e. The third-order valence-electron chi connectivity index (χ3n) is 5.15. The highest BCUT2D eigenvalue weighted by molar-refractivity contribution is 5.81. The number of ether oxygens (including phenoxy) is 1. The Hall–Kier alpha value is -2.36. The number of aromatic nitrogens is 1. The monoisotopic (exact) mass is 338 g/mol. The highest BCUT2D eigenvalue weighted by Crippen LogP contribution is 2.33. The number of hydrogen-bond donors (Lipinski definition) is 0. The van der Waals surface area contributed by atoms with Crippen LogP contribution in [0.5, 0.6) is 0 Å². The van der Waals surface area contributed by atoms with Gasteiger partial charge in [0, 0.05) is 24.2 Å². The number of fused-ring (bicyclic) bond motifs is 1. The van der Waals surface area contributed by atoms with E-state index in [0.717, 1.165) is 43.6 Å². The summed E-state index contributed by atoms with van der Waals surface area (Å²) < 4.78 is 4.81. The van der Waals surface area contributed by atoms with Crippen LogP contribution in [-0.4, -0.2) is 36.2 Å². The molecule has 25 heavy (non-hydrogen) atoms. The number of hydrogen-bond acceptors (Lipinski definition) is 3. The molecule has 1 fully saturated rings. The van der Waals surface area contributed by atoms with Crippen LogP contribution in [0, 0.1) is 5.41 Å². The van der Waals surface area contributed by atoms with Crippen LogP contribution in [0.2, 0.25) is 0 Å². The highest BCUT2D eigenvalue weighted by atomic mass is 16.5. The number of amides is 1. The maximum atomic E-state index is 11.6. The molecule has 0 atom stereocenters. The van der Waals surface area contributed by atoms with E-state index in [1.54, 1.807) is 4.90 Å². The van der Waals surface area contributed by atoms with Gasteiger partial charge >= 0.3 is 6.09 Å². The van der Waals surface area contributed by atoms with Crippen molar-refractivity contribution in [2.75, 3.05) is 20.2 Å². The first-order valence-corrected chi connectivity index (χ1v) is 8.95. The number of benzene rings is 1. The molecule has 1 aromatic carbocycles. The molecule has 1 amide bonds. The molecule has 1 aliphatic rings. The number of nitrogens with zero attached hydrogens (tertiary/aromatic N) is 2. The second kappa shape index (κ2) is 7.26. The Kier molecular flexibility index (Phi) is 5.07. The van der Waals surface area contributed by atoms with Crippen LogP contribution in [0.3, 0.4) is 0 Å². The molecule has 0 N–H and O–H groups in total. The summed E-state index contributed by atoms with van der Waals surface area (Å²) in [4.78, 5) is 18.1. The molecule has 0 unspecified atom stereocenters. The maximum Gasteiger partial charge on any atom is 0.409 e. The first-order chi connectivity index (χ1) is 12.0. The van der Waals surface area contributed by atoms with Gasteiger partial charge in [-0.15, -0.1) is 0 Å². The van der Waals surface area contributed by atoms with Crippen molar-refractivity contribution in [3.63, 3.8) is 0 Å². The molecule has 0 saturated carbocycles. The van der Waals surface area contributed by atoms with Gasteiger partial charge in [-0.2, -0.15) is 0 Å². The third kappa shape index (κ3) is 4.01. The van der Waals surface area contributed by atoms with Gasteiger partial charge in [-0.25, -0.2) is 4.79 Å². The molecule has 132 valence electrons. The quantitative estimate of drug-likeness (QED) is 0.816. The number of aryl methyl sites for hydroxylation is 1. The molecule has 1 saturated heterocycles. The van der Waals surface area contributed by atoms with Crippen molar-refractivity contribution in [3.8, 4) is 0 Å². The van der Waals surface area contributed by atoms with Crippen molar-refractivity contribution < 1.29 is 9.53 Å². The predicted octanol–water partition coefficient (Wildman–Crippen LogP) is 4.68. The predicted molar refractivity (Wildman–Crippen MR) is 101 cm³/mol. The lowest BCUT2D eigenvalue weighted by atomic mass is 9.80. The minimum atomic E-state index is -0.224. The van der Waals surface area contributed by atoms with E-state index in [0.29, 0.717) is 0 Å². The molecule has 2 heterocycles. The summed E-state index contributed by atoms with van der Waals surface area (Å²) in [6.45, 7) is 5.87. The first kappa shape index (κ1) is 17.5. The van der Waals surface area contributed by atoms with E-state index in [4.69, 9.17) is 9.72 Å². The normalized spacial score (nSPS) is 17.2. The molecule has 0 spiro atoms. The average molecular weight is 338 g/mol. The topological polar surface area (TPSA) is 42.4 Å². The zero-order chi connectivity index (χ0) is 17.9. The SMILES string of the molecule is CCc1ccc2ccc(/C=C/C3(C)CCN(C(=O)OC)CC3)cc2n1. The Morgan fingerprint density at radius 1 is 1.28 bits per heavy atom. The highest BCUT2D eigenvalue weighted by Gasteiger charge is 2.30. The average Bonchev–Trinajstić information content (AvgIpc) is 2.65. The minimum absolute atomic E-state index is 0.109. The van der Waals surface area contributed by atoms with E-state index in [9.17, 15) is 4.79 Å². The maximum absolute atomic E-state index is 11.6. The molecule has 4 nitrogen and oxygen atoms in total. The number of methoxy groups -OCH3 is 1. The third-order valence-corrected chi connectivity index (χ3v) is 5.15. The zero-order valence-corrected chi connectivity index (χ0v) is 15.3. The number of carbonyl (C=O) groups is 1. The zero-order valence-electron chi connectivity index (χ0n) is 15.3. The summed E-state index contributed by atoms with van der Waals surface area (Å²) in [6, 6.07) is 10.6. The van der Waals surface area contributed by atoms with Gasteiger partial charge in [-0.3, -0.25) is 4.98 Å². The summed E-state index contributed by atoms with van der Waals surface area (Å²) >= 11 is 0. The van der Waals surface area contributed by atoms with Gasteiger partial charge in [0.05, 0.1) is 12.6 Å². The Labute approximate surface area is 149 Å². The van der Waals surface area contributed by atoms with Crippen LogP contribution in [0.1, 0.15) is 37.9 Å². The van der Waals surface area contributed by atoms with E-state index in [1.807, 2.05) is 0 Å². The van der Waals surface area contributed by atoms with Crippen molar-refractivity contribution in [3.05, 3.63) is 47.7 Å². The van der Waals surface area contributed by atoms with Crippen LogP contribution in [0.25, 0.3) is 17.0 Å². The largest absolute Gasteiger partial charge is 0.453 e. The number of pyridine rings is 1. The van der Waals surface area contributed by atoms with E-state index in [-0.39, 0.29) is 11.5 Å². The molecular weight excluding hydrogens is 312 g/mol. The summed E-state index contributed by atoms with van der Waals surface area (Å²) in [5.41, 5.74) is 3.45. The fraction of sp³-hybridized carbons (Fsp3) is 0.429. The second-order valence-corrected chi connectivity index (χ2v) is 7.05. The van der Waals surface area contributed by atoms with Crippen LogP contribution < -0.4 is 0 Å². The summed E-state index contributed by atoms with van der Waals surface area (Å²) in [6.07, 6.45) is 7.10. The number of piperidine rings is 1. The second-order valence-electron chi connectivity index (χ2n) is 7.05. The van der Waals surface area contributed by atoms with Crippen molar-refractivity contribution in [2.45, 2.75) is 33.1 Å². The van der Waals surface area contributed by atoms with Crippen molar-refractivity contribution in [2.24, 2.45) is 5.41 Å². The van der Waals surface area contributed by atoms with E-state index in [2.05, 4.69) is 56.3 Å². The van der Waals surface area contributed by atoms with Gasteiger partial charge in [-0.05, 0) is 42.4 Å². The van der Waals surface area contributed by atoms with Gasteiger partial charge < -0.3 is 9.64 Å². The number of likely N-dealkylation sites (tertiary alicyclic amines) is 1. The lowest BCUT2D eigenvalue weighted by molar-refractivity contribution is 0.0969. The number of allylic oxidation sites excluding steroid dienone is 1. The summed E-state index contributed by atoms with van der Waals surface area (Å²) in [5.74, 6) is 0. The van der Waals surface area contributed by atoms with Gasteiger partial charge in [0.15, 0.2) is 0 Å². The summed E-state index contributed by atoms with van der Waals surface area (Å²) in [7, 11) is 1.44. The van der Waals surface area contributed by atoms with Crippen LogP contribution in [0.15, 0.2) is 36.4 Å². The van der Waals surface area contributed by atoms with E-state index < -0.39 is 0 Å². The van der Waals surface area contributed by atoms with Gasteiger partial charge in [0.25, 0.3) is 0 Å². The molecule has 3 rings (SSSR count). The number of carbonyl (C=O) groups excluding carboxylic acids is 1. The van der Waals surface area contributed by atoms with Gasteiger partial charge in [0.2, 0.25) is 0 Å².